The zero-order valence-electron chi connectivity index (χ0n) is 22.6. The van der Waals surface area contributed by atoms with E-state index in [1.165, 1.54) is 22.5 Å². The smallest absolute Gasteiger partial charge is 0.262 e. The lowest BCUT2D eigenvalue weighted by atomic mass is 10.1. The highest BCUT2D eigenvalue weighted by molar-refractivity contribution is 7.92. The minimum absolute atomic E-state index is 0.0180. The topological polar surface area (TPSA) is 131 Å². The normalized spacial score (nSPS) is 14.5. The van der Waals surface area contributed by atoms with Gasteiger partial charge >= 0.3 is 0 Å². The van der Waals surface area contributed by atoms with Gasteiger partial charge in [0.2, 0.25) is 10.0 Å². The number of aryl methyl sites for hydroxylation is 3. The summed E-state index contributed by atoms with van der Waals surface area (Å²) in [7, 11) is -7.52. The molecule has 4 rings (SSSR count). The molecule has 0 radical (unpaired) electrons. The van der Waals surface area contributed by atoms with E-state index >= 15 is 0 Å². The fourth-order valence-electron chi connectivity index (χ4n) is 4.16. The van der Waals surface area contributed by atoms with Gasteiger partial charge in [0.15, 0.2) is 0 Å². The van der Waals surface area contributed by atoms with Gasteiger partial charge in [0.05, 0.1) is 35.2 Å². The maximum absolute atomic E-state index is 13.1. The Morgan fingerprint density at radius 3 is 2.27 bits per heavy atom. The van der Waals surface area contributed by atoms with Crippen molar-refractivity contribution in [1.29, 1.82) is 0 Å². The number of ether oxygens (including phenoxy) is 2. The number of nitrogens with one attached hydrogen (secondary N) is 2. The SMILES string of the molecule is Cc1ccc(C)c(NS(=O)(=O)c2cc(C(=O)NCCOc3ccc(S(=O)(=O)N4CCOCC4)cc3)ccc2C)c1. The van der Waals surface area contributed by atoms with Crippen LogP contribution in [0.25, 0.3) is 0 Å². The van der Waals surface area contributed by atoms with Gasteiger partial charge in [-0.1, -0.05) is 18.2 Å². The molecule has 2 N–H and O–H groups in total. The average molecular weight is 588 g/mol. The number of carbonyl (C=O) groups excluding carboxylic acids is 1. The fraction of sp³-hybridized carbons (Fsp3) is 0.321. The molecule has 0 aromatic heterocycles. The number of carbonyl (C=O) groups is 1. The lowest BCUT2D eigenvalue weighted by Gasteiger charge is -2.26. The summed E-state index contributed by atoms with van der Waals surface area (Å²) in [6.07, 6.45) is 0. The lowest BCUT2D eigenvalue weighted by molar-refractivity contribution is 0.0730. The highest BCUT2D eigenvalue weighted by atomic mass is 32.2. The largest absolute Gasteiger partial charge is 0.492 e. The van der Waals surface area contributed by atoms with Gasteiger partial charge in [0.25, 0.3) is 15.9 Å². The molecule has 3 aromatic rings. The van der Waals surface area contributed by atoms with Crippen molar-refractivity contribution >= 4 is 31.6 Å². The summed E-state index contributed by atoms with van der Waals surface area (Å²) < 4.78 is 66.6. The second-order valence-electron chi connectivity index (χ2n) is 9.50. The highest BCUT2D eigenvalue weighted by Gasteiger charge is 2.26. The van der Waals surface area contributed by atoms with E-state index in [1.807, 2.05) is 26.0 Å². The van der Waals surface area contributed by atoms with E-state index in [0.717, 1.165) is 11.1 Å². The minimum atomic E-state index is -3.93. The summed E-state index contributed by atoms with van der Waals surface area (Å²) in [5, 5.41) is 2.72. The molecule has 0 saturated carbocycles. The first-order valence-corrected chi connectivity index (χ1v) is 15.7. The van der Waals surface area contributed by atoms with E-state index in [9.17, 15) is 21.6 Å². The molecule has 0 atom stereocenters. The number of rotatable bonds is 10. The predicted octanol–water partition coefficient (Wildman–Crippen LogP) is 3.24. The Morgan fingerprint density at radius 1 is 0.900 bits per heavy atom. The number of benzene rings is 3. The summed E-state index contributed by atoms with van der Waals surface area (Å²) in [5.74, 6) is 0.00940. The standard InChI is InChI=1S/C28H33N3O7S2/c1-20-4-5-21(2)26(18-20)30-39(33,34)27-19-23(7-6-22(27)3)28(32)29-12-15-38-24-8-10-25(11-9-24)40(35,36)31-13-16-37-17-14-31/h4-11,18-19,30H,12-17H2,1-3H3,(H,29,32). The molecular weight excluding hydrogens is 554 g/mol. The number of hydrogen-bond donors (Lipinski definition) is 2. The first-order valence-electron chi connectivity index (χ1n) is 12.8. The number of morpholine rings is 1. The summed E-state index contributed by atoms with van der Waals surface area (Å²) in [4.78, 5) is 12.9. The van der Waals surface area contributed by atoms with E-state index in [2.05, 4.69) is 10.0 Å². The number of amides is 1. The van der Waals surface area contributed by atoms with E-state index in [0.29, 0.717) is 43.3 Å². The number of hydrogen-bond acceptors (Lipinski definition) is 7. The average Bonchev–Trinajstić information content (AvgIpc) is 2.93. The van der Waals surface area contributed by atoms with Crippen LogP contribution in [0.5, 0.6) is 5.75 Å². The van der Waals surface area contributed by atoms with Crippen LogP contribution in [0.4, 0.5) is 5.69 Å². The molecule has 214 valence electrons. The van der Waals surface area contributed by atoms with Gasteiger partial charge in [0, 0.05) is 18.7 Å². The third-order valence-corrected chi connectivity index (χ3v) is 9.89. The Kier molecular flexibility index (Phi) is 9.14. The van der Waals surface area contributed by atoms with Crippen molar-refractivity contribution in [2.75, 3.05) is 44.2 Å². The molecule has 1 fully saturated rings. The van der Waals surface area contributed by atoms with Crippen molar-refractivity contribution in [3.63, 3.8) is 0 Å². The molecule has 0 spiro atoms. The number of nitrogens with zero attached hydrogens (tertiary/aromatic N) is 1. The first-order chi connectivity index (χ1) is 19.0. The van der Waals surface area contributed by atoms with Crippen molar-refractivity contribution in [3.8, 4) is 5.75 Å². The van der Waals surface area contributed by atoms with Crippen LogP contribution in [0.2, 0.25) is 0 Å². The van der Waals surface area contributed by atoms with Crippen LogP contribution in [-0.4, -0.2) is 66.5 Å². The van der Waals surface area contributed by atoms with E-state index in [4.69, 9.17) is 9.47 Å². The molecule has 1 aliphatic rings. The van der Waals surface area contributed by atoms with Crippen LogP contribution < -0.4 is 14.8 Å². The molecule has 3 aromatic carbocycles. The molecule has 1 aliphatic heterocycles. The van der Waals surface area contributed by atoms with E-state index in [1.54, 1.807) is 37.3 Å². The van der Waals surface area contributed by atoms with Crippen LogP contribution in [-0.2, 0) is 24.8 Å². The molecule has 40 heavy (non-hydrogen) atoms. The van der Waals surface area contributed by atoms with E-state index in [-0.39, 0.29) is 28.5 Å². The number of anilines is 1. The zero-order valence-corrected chi connectivity index (χ0v) is 24.3. The zero-order chi connectivity index (χ0) is 28.9. The summed E-state index contributed by atoms with van der Waals surface area (Å²) in [5.41, 5.74) is 2.90. The van der Waals surface area contributed by atoms with Gasteiger partial charge in [0.1, 0.15) is 12.4 Å². The van der Waals surface area contributed by atoms with Crippen LogP contribution in [0.1, 0.15) is 27.0 Å². The molecule has 12 heteroatoms. The third-order valence-electron chi connectivity index (χ3n) is 6.47. The van der Waals surface area contributed by atoms with Crippen LogP contribution in [0.15, 0.2) is 70.5 Å². The van der Waals surface area contributed by atoms with Gasteiger partial charge < -0.3 is 14.8 Å². The molecule has 0 bridgehead atoms. The van der Waals surface area contributed by atoms with Crippen molar-refractivity contribution in [3.05, 3.63) is 82.9 Å². The van der Waals surface area contributed by atoms with Crippen molar-refractivity contribution in [1.82, 2.24) is 9.62 Å². The molecule has 1 heterocycles. The summed E-state index contributed by atoms with van der Waals surface area (Å²) in [6.45, 7) is 7.03. The van der Waals surface area contributed by atoms with Gasteiger partial charge in [-0.25, -0.2) is 16.8 Å². The Bertz CT molecular complexity index is 1580. The molecule has 10 nitrogen and oxygen atoms in total. The minimum Gasteiger partial charge on any atom is -0.492 e. The molecule has 1 amide bonds. The quantitative estimate of drug-likeness (QED) is 0.348. The second kappa shape index (κ2) is 12.4. The van der Waals surface area contributed by atoms with Crippen molar-refractivity contribution in [2.45, 2.75) is 30.6 Å². The summed E-state index contributed by atoms with van der Waals surface area (Å²) >= 11 is 0. The Balaban J connectivity index is 1.33. The molecule has 1 saturated heterocycles. The van der Waals surface area contributed by atoms with E-state index < -0.39 is 26.0 Å². The number of sulfonamides is 2. The van der Waals surface area contributed by atoms with Crippen molar-refractivity contribution < 1.29 is 31.1 Å². The monoisotopic (exact) mass is 587 g/mol. The molecule has 0 unspecified atom stereocenters. The molecular formula is C28H33N3O7S2. The fourth-order valence-corrected chi connectivity index (χ4v) is 6.96. The highest BCUT2D eigenvalue weighted by Crippen LogP contribution is 2.24. The Labute approximate surface area is 235 Å². The van der Waals surface area contributed by atoms with Crippen LogP contribution >= 0.6 is 0 Å². The van der Waals surface area contributed by atoms with Gasteiger partial charge in [-0.2, -0.15) is 4.31 Å². The second-order valence-corrected chi connectivity index (χ2v) is 13.1. The van der Waals surface area contributed by atoms with Gasteiger partial charge in [-0.3, -0.25) is 9.52 Å². The van der Waals surface area contributed by atoms with Gasteiger partial charge in [-0.15, -0.1) is 0 Å². The predicted molar refractivity (Wildman–Crippen MR) is 152 cm³/mol. The molecule has 0 aliphatic carbocycles. The Hall–Kier alpha value is -3.45. The van der Waals surface area contributed by atoms with Crippen molar-refractivity contribution in [2.24, 2.45) is 0 Å². The van der Waals surface area contributed by atoms with Crippen LogP contribution in [0, 0.1) is 20.8 Å². The first kappa shape index (κ1) is 29.5. The van der Waals surface area contributed by atoms with Crippen LogP contribution in [0.3, 0.4) is 0 Å². The third kappa shape index (κ3) is 7.00. The summed E-state index contributed by atoms with van der Waals surface area (Å²) in [6, 6.07) is 16.1. The maximum atomic E-state index is 13.1. The van der Waals surface area contributed by atoms with Gasteiger partial charge in [-0.05, 0) is 79.9 Å². The maximum Gasteiger partial charge on any atom is 0.262 e. The Morgan fingerprint density at radius 2 is 1.57 bits per heavy atom. The lowest BCUT2D eigenvalue weighted by Crippen LogP contribution is -2.40.